The lowest BCUT2D eigenvalue weighted by Crippen LogP contribution is -2.28. The molecule has 1 heterocycles. The standard InChI is InChI=1S/C20H19FN4O3/c1-27-16-5-7-17(8-6-16)28-10-9-22-20(26)18-12-24-19(13-23-18)25-15-4-2-3-14(21)11-15/h2-8,11-13H,9-10H2,1H3,(H,22,26)(H,24,25). The van der Waals surface area contributed by atoms with E-state index < -0.39 is 0 Å². The summed E-state index contributed by atoms with van der Waals surface area (Å²) < 4.78 is 23.8. The van der Waals surface area contributed by atoms with Crippen molar-refractivity contribution in [3.63, 3.8) is 0 Å². The lowest BCUT2D eigenvalue weighted by atomic mass is 10.3. The van der Waals surface area contributed by atoms with E-state index >= 15 is 0 Å². The summed E-state index contributed by atoms with van der Waals surface area (Å²) >= 11 is 0. The van der Waals surface area contributed by atoms with Crippen LogP contribution in [0.1, 0.15) is 10.5 Å². The monoisotopic (exact) mass is 382 g/mol. The largest absolute Gasteiger partial charge is 0.497 e. The number of halogens is 1. The normalized spacial score (nSPS) is 10.2. The second kappa shape index (κ2) is 9.31. The number of anilines is 2. The van der Waals surface area contributed by atoms with E-state index in [1.54, 1.807) is 43.5 Å². The van der Waals surface area contributed by atoms with Gasteiger partial charge in [0.05, 0.1) is 26.0 Å². The highest BCUT2D eigenvalue weighted by molar-refractivity contribution is 5.92. The summed E-state index contributed by atoms with van der Waals surface area (Å²) in [6.07, 6.45) is 2.76. The quantitative estimate of drug-likeness (QED) is 0.582. The molecule has 28 heavy (non-hydrogen) atoms. The Kier molecular flexibility index (Phi) is 6.35. The average molecular weight is 382 g/mol. The zero-order valence-electron chi connectivity index (χ0n) is 15.2. The number of hydrogen-bond acceptors (Lipinski definition) is 6. The molecular formula is C20H19FN4O3. The van der Waals surface area contributed by atoms with E-state index in [9.17, 15) is 9.18 Å². The van der Waals surface area contributed by atoms with E-state index in [0.29, 0.717) is 30.4 Å². The third kappa shape index (κ3) is 5.41. The first-order chi connectivity index (χ1) is 13.6. The summed E-state index contributed by atoms with van der Waals surface area (Å²) in [7, 11) is 1.60. The van der Waals surface area contributed by atoms with Crippen LogP contribution in [0.5, 0.6) is 11.5 Å². The van der Waals surface area contributed by atoms with E-state index in [1.165, 1.54) is 24.5 Å². The van der Waals surface area contributed by atoms with Crippen LogP contribution in [-0.2, 0) is 0 Å². The van der Waals surface area contributed by atoms with Gasteiger partial charge in [0.2, 0.25) is 0 Å². The van der Waals surface area contributed by atoms with Crippen LogP contribution in [0.25, 0.3) is 0 Å². The number of methoxy groups -OCH3 is 1. The summed E-state index contributed by atoms with van der Waals surface area (Å²) in [5.41, 5.74) is 0.719. The number of nitrogens with one attached hydrogen (secondary N) is 2. The van der Waals surface area contributed by atoms with Crippen molar-refractivity contribution in [2.24, 2.45) is 0 Å². The fourth-order valence-electron chi connectivity index (χ4n) is 2.32. The molecular weight excluding hydrogens is 363 g/mol. The Morgan fingerprint density at radius 3 is 2.54 bits per heavy atom. The van der Waals surface area contributed by atoms with Crippen LogP contribution in [0, 0.1) is 5.82 Å². The van der Waals surface area contributed by atoms with Crippen molar-refractivity contribution < 1.29 is 18.7 Å². The lowest BCUT2D eigenvalue weighted by Gasteiger charge is -2.09. The molecule has 0 aliphatic heterocycles. The third-order valence-corrected chi connectivity index (χ3v) is 3.70. The van der Waals surface area contributed by atoms with E-state index in [-0.39, 0.29) is 17.4 Å². The number of amides is 1. The summed E-state index contributed by atoms with van der Waals surface area (Å²) in [6, 6.07) is 13.1. The molecule has 0 aliphatic carbocycles. The molecule has 0 saturated heterocycles. The first-order valence-corrected chi connectivity index (χ1v) is 8.54. The maximum absolute atomic E-state index is 13.2. The van der Waals surface area contributed by atoms with Crippen molar-refractivity contribution in [1.29, 1.82) is 0 Å². The van der Waals surface area contributed by atoms with Gasteiger partial charge >= 0.3 is 0 Å². The van der Waals surface area contributed by atoms with Gasteiger partial charge in [-0.2, -0.15) is 0 Å². The minimum absolute atomic E-state index is 0.175. The van der Waals surface area contributed by atoms with Crippen LogP contribution in [0.3, 0.4) is 0 Å². The van der Waals surface area contributed by atoms with Crippen molar-refractivity contribution in [1.82, 2.24) is 15.3 Å². The average Bonchev–Trinajstić information content (AvgIpc) is 2.72. The van der Waals surface area contributed by atoms with Gasteiger partial charge in [0.15, 0.2) is 0 Å². The Morgan fingerprint density at radius 1 is 1.07 bits per heavy atom. The maximum Gasteiger partial charge on any atom is 0.271 e. The fourth-order valence-corrected chi connectivity index (χ4v) is 2.32. The molecule has 7 nitrogen and oxygen atoms in total. The second-order valence-corrected chi connectivity index (χ2v) is 5.70. The van der Waals surface area contributed by atoms with E-state index in [2.05, 4.69) is 20.6 Å². The Bertz CT molecular complexity index is 917. The zero-order chi connectivity index (χ0) is 19.8. The topological polar surface area (TPSA) is 85.4 Å². The highest BCUT2D eigenvalue weighted by atomic mass is 19.1. The van der Waals surface area contributed by atoms with E-state index in [4.69, 9.17) is 9.47 Å². The van der Waals surface area contributed by atoms with Gasteiger partial charge in [-0.25, -0.2) is 14.4 Å². The van der Waals surface area contributed by atoms with Crippen molar-refractivity contribution >= 4 is 17.4 Å². The Balaban J connectivity index is 1.45. The molecule has 0 unspecified atom stereocenters. The minimum Gasteiger partial charge on any atom is -0.497 e. The molecule has 1 amide bonds. The summed E-state index contributed by atoms with van der Waals surface area (Å²) in [5, 5.41) is 5.62. The Morgan fingerprint density at radius 2 is 1.86 bits per heavy atom. The number of carbonyl (C=O) groups is 1. The SMILES string of the molecule is COc1ccc(OCCNC(=O)c2cnc(Nc3cccc(F)c3)cn2)cc1. The second-order valence-electron chi connectivity index (χ2n) is 5.70. The molecule has 2 aromatic carbocycles. The van der Waals surface area contributed by atoms with Crippen LogP contribution >= 0.6 is 0 Å². The molecule has 8 heteroatoms. The third-order valence-electron chi connectivity index (χ3n) is 3.70. The van der Waals surface area contributed by atoms with E-state index in [1.807, 2.05) is 0 Å². The first kappa shape index (κ1) is 19.1. The lowest BCUT2D eigenvalue weighted by molar-refractivity contribution is 0.0941. The van der Waals surface area contributed by atoms with Gasteiger partial charge in [-0.3, -0.25) is 4.79 Å². The smallest absolute Gasteiger partial charge is 0.271 e. The number of carbonyl (C=O) groups excluding carboxylic acids is 1. The number of rotatable bonds is 8. The van der Waals surface area contributed by atoms with Crippen LogP contribution in [0.15, 0.2) is 60.9 Å². The Labute approximate surface area is 161 Å². The van der Waals surface area contributed by atoms with Crippen LogP contribution in [0.2, 0.25) is 0 Å². The van der Waals surface area contributed by atoms with Gasteiger partial charge in [-0.15, -0.1) is 0 Å². The molecule has 0 spiro atoms. The first-order valence-electron chi connectivity index (χ1n) is 8.54. The fraction of sp³-hybridized carbons (Fsp3) is 0.150. The van der Waals surface area contributed by atoms with Crippen molar-refractivity contribution in [2.75, 3.05) is 25.6 Å². The van der Waals surface area contributed by atoms with E-state index in [0.717, 1.165) is 5.75 Å². The molecule has 1 aromatic heterocycles. The Hall–Kier alpha value is -3.68. The van der Waals surface area contributed by atoms with Gasteiger partial charge in [0.25, 0.3) is 5.91 Å². The van der Waals surface area contributed by atoms with Crippen LogP contribution in [-0.4, -0.2) is 36.1 Å². The van der Waals surface area contributed by atoms with Gasteiger partial charge in [-0.05, 0) is 42.5 Å². The molecule has 2 N–H and O–H groups in total. The molecule has 0 aliphatic rings. The van der Waals surface area contributed by atoms with Gasteiger partial charge in [-0.1, -0.05) is 6.07 Å². The maximum atomic E-state index is 13.2. The van der Waals surface area contributed by atoms with Crippen molar-refractivity contribution in [3.8, 4) is 11.5 Å². The molecule has 3 rings (SSSR count). The number of ether oxygens (including phenoxy) is 2. The molecule has 0 saturated carbocycles. The number of benzene rings is 2. The molecule has 144 valence electrons. The predicted octanol–water partition coefficient (Wildman–Crippen LogP) is 3.18. The molecule has 0 fully saturated rings. The van der Waals surface area contributed by atoms with Gasteiger partial charge in [0, 0.05) is 5.69 Å². The summed E-state index contributed by atoms with van der Waals surface area (Å²) in [5.74, 6) is 1.12. The minimum atomic E-state index is -0.358. The summed E-state index contributed by atoms with van der Waals surface area (Å²) in [4.78, 5) is 20.3. The number of nitrogens with zero attached hydrogens (tertiary/aromatic N) is 2. The zero-order valence-corrected chi connectivity index (χ0v) is 15.2. The van der Waals surface area contributed by atoms with Gasteiger partial charge in [0.1, 0.15) is 35.4 Å². The molecule has 0 bridgehead atoms. The van der Waals surface area contributed by atoms with Gasteiger partial charge < -0.3 is 20.1 Å². The molecule has 0 radical (unpaired) electrons. The molecule has 3 aromatic rings. The predicted molar refractivity (Wildman–Crippen MR) is 103 cm³/mol. The number of hydrogen-bond donors (Lipinski definition) is 2. The number of aromatic nitrogens is 2. The van der Waals surface area contributed by atoms with Crippen molar-refractivity contribution in [2.45, 2.75) is 0 Å². The van der Waals surface area contributed by atoms with Crippen molar-refractivity contribution in [3.05, 3.63) is 72.4 Å². The highest BCUT2D eigenvalue weighted by Gasteiger charge is 2.08. The highest BCUT2D eigenvalue weighted by Crippen LogP contribution is 2.17. The molecule has 0 atom stereocenters. The summed E-state index contributed by atoms with van der Waals surface area (Å²) in [6.45, 7) is 0.626. The van der Waals surface area contributed by atoms with Crippen LogP contribution in [0.4, 0.5) is 15.9 Å². The van der Waals surface area contributed by atoms with Crippen LogP contribution < -0.4 is 20.1 Å².